The molecule has 5 heteroatoms. The summed E-state index contributed by atoms with van der Waals surface area (Å²) in [6.07, 6.45) is 3.82. The van der Waals surface area contributed by atoms with E-state index in [1.54, 1.807) is 0 Å². The van der Waals surface area contributed by atoms with Crippen molar-refractivity contribution in [3.63, 3.8) is 0 Å². The number of fused-ring (bicyclic) bond motifs is 4. The number of pyridine rings is 3. The van der Waals surface area contributed by atoms with Crippen molar-refractivity contribution >= 4 is 32.8 Å². The van der Waals surface area contributed by atoms with Gasteiger partial charge in [-0.05, 0) is 89.8 Å². The summed E-state index contributed by atoms with van der Waals surface area (Å²) < 4.78 is 6.20. The van der Waals surface area contributed by atoms with Crippen LogP contribution in [-0.2, 0) is 20.1 Å². The first-order valence-corrected chi connectivity index (χ1v) is 15.4. The van der Waals surface area contributed by atoms with Crippen LogP contribution in [0.5, 0.6) is 0 Å². The SMILES string of the molecule is Cc1c[c-]c(-c2ccc(C)cn2)cc1.Cc1ccc2c(n1)oc1c(-c3cc(-c4ccc(C)c5ccccc45)c(C)cn3)[c-]ccc12.[Ir]. The maximum atomic E-state index is 6.20. The van der Waals surface area contributed by atoms with Crippen molar-refractivity contribution in [3.05, 3.63) is 150 Å². The van der Waals surface area contributed by atoms with Crippen molar-refractivity contribution < 1.29 is 24.5 Å². The Morgan fingerprint density at radius 1 is 0.596 bits per heavy atom. The van der Waals surface area contributed by atoms with E-state index in [2.05, 4.69) is 104 Å². The molecule has 0 unspecified atom stereocenters. The van der Waals surface area contributed by atoms with Gasteiger partial charge >= 0.3 is 0 Å². The second-order valence-corrected chi connectivity index (χ2v) is 11.9. The molecule has 47 heavy (non-hydrogen) atoms. The number of hydrogen-bond donors (Lipinski definition) is 0. The zero-order chi connectivity index (χ0) is 31.8. The molecule has 0 amide bonds. The van der Waals surface area contributed by atoms with Crippen LogP contribution in [0.15, 0.2) is 114 Å². The molecule has 8 rings (SSSR count). The summed E-state index contributed by atoms with van der Waals surface area (Å²) >= 11 is 0. The maximum absolute atomic E-state index is 6.20. The van der Waals surface area contributed by atoms with Gasteiger partial charge in [0.25, 0.3) is 0 Å². The Morgan fingerprint density at radius 3 is 2.15 bits per heavy atom. The van der Waals surface area contributed by atoms with Crippen LogP contribution < -0.4 is 0 Å². The topological polar surface area (TPSA) is 51.8 Å². The van der Waals surface area contributed by atoms with Gasteiger partial charge in [-0.3, -0.25) is 0 Å². The molecular weight excluding hydrogens is 755 g/mol. The third kappa shape index (κ3) is 6.38. The summed E-state index contributed by atoms with van der Waals surface area (Å²) in [5, 5.41) is 4.57. The van der Waals surface area contributed by atoms with Crippen LogP contribution in [-0.4, -0.2) is 15.0 Å². The molecule has 4 aromatic heterocycles. The molecule has 4 nitrogen and oxygen atoms in total. The van der Waals surface area contributed by atoms with Gasteiger partial charge in [-0.1, -0.05) is 72.5 Å². The van der Waals surface area contributed by atoms with Gasteiger partial charge in [0, 0.05) is 43.6 Å². The van der Waals surface area contributed by atoms with E-state index in [0.29, 0.717) is 5.71 Å². The minimum absolute atomic E-state index is 0. The Labute approximate surface area is 288 Å². The predicted molar refractivity (Wildman–Crippen MR) is 189 cm³/mol. The van der Waals surface area contributed by atoms with Crippen LogP contribution in [0.3, 0.4) is 0 Å². The molecule has 4 heterocycles. The van der Waals surface area contributed by atoms with E-state index in [1.165, 1.54) is 38.6 Å². The van der Waals surface area contributed by atoms with E-state index in [1.807, 2.05) is 62.6 Å². The molecule has 0 N–H and O–H groups in total. The monoisotopic (exact) mass is 788 g/mol. The van der Waals surface area contributed by atoms with E-state index >= 15 is 0 Å². The second kappa shape index (κ2) is 13.4. The summed E-state index contributed by atoms with van der Waals surface area (Å²) in [5.74, 6) is 0. The fourth-order valence-corrected chi connectivity index (χ4v) is 5.83. The molecule has 0 bridgehead atoms. The van der Waals surface area contributed by atoms with Crippen LogP contribution >= 0.6 is 0 Å². The molecule has 8 aromatic rings. The van der Waals surface area contributed by atoms with Crippen molar-refractivity contribution in [2.24, 2.45) is 0 Å². The quantitative estimate of drug-likeness (QED) is 0.167. The smallest absolute Gasteiger partial charge is 0.216 e. The summed E-state index contributed by atoms with van der Waals surface area (Å²) in [5.41, 5.74) is 13.3. The predicted octanol–water partition coefficient (Wildman–Crippen LogP) is 10.8. The Morgan fingerprint density at radius 2 is 1.38 bits per heavy atom. The molecule has 0 fully saturated rings. The van der Waals surface area contributed by atoms with Gasteiger partial charge in [0.05, 0.1) is 5.58 Å². The van der Waals surface area contributed by atoms with Crippen LogP contribution in [0.1, 0.15) is 27.9 Å². The number of hydrogen-bond acceptors (Lipinski definition) is 4. The summed E-state index contributed by atoms with van der Waals surface area (Å²) in [4.78, 5) is 13.7. The number of aryl methyl sites for hydroxylation is 5. The van der Waals surface area contributed by atoms with Gasteiger partial charge in [0.15, 0.2) is 0 Å². The average Bonchev–Trinajstić information content (AvgIpc) is 3.44. The molecule has 1 radical (unpaired) electrons. The zero-order valence-electron chi connectivity index (χ0n) is 27.0. The first-order chi connectivity index (χ1) is 22.4. The van der Waals surface area contributed by atoms with Crippen LogP contribution in [0.25, 0.3) is 66.5 Å². The number of furan rings is 1. The van der Waals surface area contributed by atoms with Crippen molar-refractivity contribution in [1.29, 1.82) is 0 Å². The molecule has 0 saturated heterocycles. The number of benzene rings is 4. The van der Waals surface area contributed by atoms with Crippen molar-refractivity contribution in [2.75, 3.05) is 0 Å². The zero-order valence-corrected chi connectivity index (χ0v) is 29.4. The van der Waals surface area contributed by atoms with E-state index in [0.717, 1.165) is 50.1 Å². The van der Waals surface area contributed by atoms with E-state index < -0.39 is 0 Å². The van der Waals surface area contributed by atoms with Gasteiger partial charge < -0.3 is 14.4 Å². The van der Waals surface area contributed by atoms with Gasteiger partial charge in [-0.15, -0.1) is 53.6 Å². The third-order valence-corrected chi connectivity index (χ3v) is 8.38. The van der Waals surface area contributed by atoms with Gasteiger partial charge in [0.2, 0.25) is 5.71 Å². The van der Waals surface area contributed by atoms with Gasteiger partial charge in [-0.25, -0.2) is 4.98 Å². The summed E-state index contributed by atoms with van der Waals surface area (Å²) in [6.45, 7) is 10.3. The molecule has 0 spiro atoms. The molecule has 4 aromatic carbocycles. The number of nitrogens with zero attached hydrogens (tertiary/aromatic N) is 3. The van der Waals surface area contributed by atoms with E-state index in [4.69, 9.17) is 9.40 Å². The largest absolute Gasteiger partial charge is 0.486 e. The molecular formula is C42H33IrN3O-2. The normalized spacial score (nSPS) is 10.9. The maximum Gasteiger partial charge on any atom is 0.216 e. The van der Waals surface area contributed by atoms with Gasteiger partial charge in [-0.2, -0.15) is 0 Å². The molecule has 0 saturated carbocycles. The van der Waals surface area contributed by atoms with Gasteiger partial charge in [0.1, 0.15) is 0 Å². The summed E-state index contributed by atoms with van der Waals surface area (Å²) in [7, 11) is 0. The van der Waals surface area contributed by atoms with Crippen LogP contribution in [0, 0.1) is 46.8 Å². The first kappa shape index (κ1) is 32.0. The molecule has 233 valence electrons. The van der Waals surface area contributed by atoms with Crippen LogP contribution in [0.2, 0.25) is 0 Å². The fourth-order valence-electron chi connectivity index (χ4n) is 5.83. The average molecular weight is 788 g/mol. The summed E-state index contributed by atoms with van der Waals surface area (Å²) in [6, 6.07) is 40.0. The fraction of sp³-hybridized carbons (Fsp3) is 0.119. The Balaban J connectivity index is 0.000000217. The Hall–Kier alpha value is -4.96. The van der Waals surface area contributed by atoms with Crippen molar-refractivity contribution in [3.8, 4) is 33.6 Å². The van der Waals surface area contributed by atoms with E-state index in [9.17, 15) is 0 Å². The van der Waals surface area contributed by atoms with Crippen molar-refractivity contribution in [1.82, 2.24) is 15.0 Å². The molecule has 0 aliphatic rings. The minimum atomic E-state index is 0. The van der Waals surface area contributed by atoms with Crippen LogP contribution in [0.4, 0.5) is 0 Å². The second-order valence-electron chi connectivity index (χ2n) is 11.9. The number of aromatic nitrogens is 3. The standard InChI is InChI=1S/C29H21N2O.C13H12N.Ir/c1-17-11-13-22(21-8-5-4-7-20(17)21)26-15-27(30-16-18(26)2)25-10-6-9-23-24-14-12-19(3)31-29(24)32-28(23)25;1-10-3-6-12(7-4-10)13-8-5-11(2)9-14-13;/h4-9,11-16H,1-3H3;3-6,8-9H,1-2H3;/q2*-1;. The molecule has 0 atom stereocenters. The minimum Gasteiger partial charge on any atom is -0.486 e. The number of rotatable bonds is 3. The molecule has 0 aliphatic carbocycles. The molecule has 0 aliphatic heterocycles. The van der Waals surface area contributed by atoms with E-state index in [-0.39, 0.29) is 20.1 Å². The van der Waals surface area contributed by atoms with Crippen molar-refractivity contribution in [2.45, 2.75) is 34.6 Å². The Kier molecular flexibility index (Phi) is 9.13. The first-order valence-electron chi connectivity index (χ1n) is 15.4. The Bertz CT molecular complexity index is 2310. The third-order valence-electron chi connectivity index (χ3n) is 8.38.